The van der Waals surface area contributed by atoms with Crippen molar-refractivity contribution in [2.24, 2.45) is 0 Å². The maximum atomic E-state index is 5.13. The van der Waals surface area contributed by atoms with Gasteiger partial charge in [-0.25, -0.2) is 0 Å². The van der Waals surface area contributed by atoms with E-state index in [0.29, 0.717) is 0 Å². The third kappa shape index (κ3) is 2.40. The van der Waals surface area contributed by atoms with Crippen LogP contribution in [0.5, 0.6) is 5.75 Å². The van der Waals surface area contributed by atoms with Gasteiger partial charge in [-0.15, -0.1) is 0 Å². The monoisotopic (exact) mass is 213 g/mol. The van der Waals surface area contributed by atoms with Gasteiger partial charge in [-0.3, -0.25) is 4.98 Å². The Morgan fingerprint density at radius 3 is 2.50 bits per heavy atom. The maximum Gasteiger partial charge on any atom is 0.118 e. The highest BCUT2D eigenvalue weighted by molar-refractivity contribution is 5.31. The lowest BCUT2D eigenvalue weighted by molar-refractivity contribution is 0.414. The number of ether oxygens (including phenoxy) is 1. The number of nitrogens with zero attached hydrogens (tertiary/aromatic N) is 1. The van der Waals surface area contributed by atoms with Crippen molar-refractivity contribution in [3.05, 3.63) is 59.4 Å². The van der Waals surface area contributed by atoms with Crippen LogP contribution in [0, 0.1) is 6.92 Å². The number of benzene rings is 1. The molecule has 0 aliphatic heterocycles. The highest BCUT2D eigenvalue weighted by Gasteiger charge is 2.00. The van der Waals surface area contributed by atoms with Gasteiger partial charge in [0.05, 0.1) is 7.11 Å². The van der Waals surface area contributed by atoms with Crippen LogP contribution >= 0.6 is 0 Å². The molecule has 0 saturated carbocycles. The zero-order chi connectivity index (χ0) is 11.4. The fourth-order valence-corrected chi connectivity index (χ4v) is 1.64. The predicted molar refractivity (Wildman–Crippen MR) is 64.8 cm³/mol. The predicted octanol–water partition coefficient (Wildman–Crippen LogP) is 2.99. The first kappa shape index (κ1) is 10.7. The van der Waals surface area contributed by atoms with E-state index in [1.54, 1.807) is 7.11 Å². The maximum absolute atomic E-state index is 5.13. The van der Waals surface area contributed by atoms with Crippen LogP contribution in [0.25, 0.3) is 0 Å². The quantitative estimate of drug-likeness (QED) is 0.782. The second-order valence-corrected chi connectivity index (χ2v) is 3.79. The molecule has 2 nitrogen and oxygen atoms in total. The van der Waals surface area contributed by atoms with E-state index in [0.717, 1.165) is 17.9 Å². The summed E-state index contributed by atoms with van der Waals surface area (Å²) in [4.78, 5) is 4.38. The van der Waals surface area contributed by atoms with Gasteiger partial charge in [0.1, 0.15) is 5.75 Å². The number of rotatable bonds is 3. The SMILES string of the molecule is COc1ccc(Cc2ncccc2C)cc1. The van der Waals surface area contributed by atoms with Crippen LogP contribution in [0.2, 0.25) is 0 Å². The molecule has 16 heavy (non-hydrogen) atoms. The summed E-state index contributed by atoms with van der Waals surface area (Å²) < 4.78 is 5.13. The molecule has 2 heteroatoms. The van der Waals surface area contributed by atoms with Gasteiger partial charge in [-0.2, -0.15) is 0 Å². The van der Waals surface area contributed by atoms with Crippen molar-refractivity contribution in [3.63, 3.8) is 0 Å². The van der Waals surface area contributed by atoms with Crippen LogP contribution < -0.4 is 4.74 Å². The van der Waals surface area contributed by atoms with Gasteiger partial charge in [0.15, 0.2) is 0 Å². The van der Waals surface area contributed by atoms with Gasteiger partial charge in [0.2, 0.25) is 0 Å². The van der Waals surface area contributed by atoms with Gasteiger partial charge in [0.25, 0.3) is 0 Å². The number of hydrogen-bond donors (Lipinski definition) is 0. The van der Waals surface area contributed by atoms with E-state index in [1.807, 2.05) is 24.4 Å². The summed E-state index contributed by atoms with van der Waals surface area (Å²) in [6, 6.07) is 12.2. The van der Waals surface area contributed by atoms with Gasteiger partial charge < -0.3 is 4.74 Å². The van der Waals surface area contributed by atoms with Crippen LogP contribution in [0.3, 0.4) is 0 Å². The third-order valence-electron chi connectivity index (χ3n) is 2.65. The lowest BCUT2D eigenvalue weighted by Crippen LogP contribution is -1.95. The van der Waals surface area contributed by atoms with Gasteiger partial charge in [-0.1, -0.05) is 18.2 Å². The fraction of sp³-hybridized carbons (Fsp3) is 0.214. The van der Waals surface area contributed by atoms with Crippen LogP contribution in [0.4, 0.5) is 0 Å². The molecule has 2 aromatic rings. The van der Waals surface area contributed by atoms with Crippen LogP contribution in [0.15, 0.2) is 42.6 Å². The Hall–Kier alpha value is -1.83. The molecule has 0 fully saturated rings. The molecular weight excluding hydrogens is 198 g/mol. The van der Waals surface area contributed by atoms with E-state index in [4.69, 9.17) is 4.74 Å². The van der Waals surface area contributed by atoms with Crippen molar-refractivity contribution in [2.45, 2.75) is 13.3 Å². The van der Waals surface area contributed by atoms with Crippen LogP contribution in [-0.2, 0) is 6.42 Å². The molecule has 0 bridgehead atoms. The Labute approximate surface area is 95.9 Å². The summed E-state index contributed by atoms with van der Waals surface area (Å²) in [7, 11) is 1.68. The van der Waals surface area contributed by atoms with Crippen LogP contribution in [-0.4, -0.2) is 12.1 Å². The third-order valence-corrected chi connectivity index (χ3v) is 2.65. The molecule has 0 aliphatic rings. The molecule has 0 atom stereocenters. The number of hydrogen-bond acceptors (Lipinski definition) is 2. The average Bonchev–Trinajstić information content (AvgIpc) is 2.33. The smallest absolute Gasteiger partial charge is 0.118 e. The molecule has 0 N–H and O–H groups in total. The Balaban J connectivity index is 2.18. The second-order valence-electron chi connectivity index (χ2n) is 3.79. The summed E-state index contributed by atoms with van der Waals surface area (Å²) in [6.45, 7) is 2.09. The number of pyridine rings is 1. The lowest BCUT2D eigenvalue weighted by Gasteiger charge is -2.05. The molecule has 0 unspecified atom stereocenters. The van der Waals surface area contributed by atoms with Crippen molar-refractivity contribution in [3.8, 4) is 5.75 Å². The fourth-order valence-electron chi connectivity index (χ4n) is 1.64. The van der Waals surface area contributed by atoms with Crippen molar-refractivity contribution < 1.29 is 4.74 Å². The Kier molecular flexibility index (Phi) is 3.20. The normalized spacial score (nSPS) is 10.1. The zero-order valence-electron chi connectivity index (χ0n) is 9.60. The molecule has 1 heterocycles. The standard InChI is InChI=1S/C14H15NO/c1-11-4-3-9-15-14(11)10-12-5-7-13(16-2)8-6-12/h3-9H,10H2,1-2H3. The van der Waals surface area contributed by atoms with Crippen molar-refractivity contribution in [1.29, 1.82) is 0 Å². The summed E-state index contributed by atoms with van der Waals surface area (Å²) in [5.41, 5.74) is 3.62. The summed E-state index contributed by atoms with van der Waals surface area (Å²) in [6.07, 6.45) is 2.71. The molecule has 82 valence electrons. The van der Waals surface area contributed by atoms with Gasteiger partial charge in [-0.05, 0) is 36.2 Å². The highest BCUT2D eigenvalue weighted by atomic mass is 16.5. The minimum absolute atomic E-state index is 0.872. The van der Waals surface area contributed by atoms with E-state index in [1.165, 1.54) is 11.1 Å². The first-order valence-electron chi connectivity index (χ1n) is 5.33. The van der Waals surface area contributed by atoms with Crippen molar-refractivity contribution >= 4 is 0 Å². The Morgan fingerprint density at radius 2 is 1.88 bits per heavy atom. The van der Waals surface area contributed by atoms with E-state index in [9.17, 15) is 0 Å². The zero-order valence-corrected chi connectivity index (χ0v) is 9.60. The minimum Gasteiger partial charge on any atom is -0.497 e. The van der Waals surface area contributed by atoms with Crippen molar-refractivity contribution in [2.75, 3.05) is 7.11 Å². The highest BCUT2D eigenvalue weighted by Crippen LogP contribution is 2.15. The van der Waals surface area contributed by atoms with Gasteiger partial charge >= 0.3 is 0 Å². The number of aryl methyl sites for hydroxylation is 1. The first-order valence-corrected chi connectivity index (χ1v) is 5.33. The molecule has 1 aromatic heterocycles. The van der Waals surface area contributed by atoms with Crippen molar-refractivity contribution in [1.82, 2.24) is 4.98 Å². The number of methoxy groups -OCH3 is 1. The molecule has 1 aromatic carbocycles. The topological polar surface area (TPSA) is 22.1 Å². The summed E-state index contributed by atoms with van der Waals surface area (Å²) >= 11 is 0. The van der Waals surface area contributed by atoms with E-state index < -0.39 is 0 Å². The molecule has 0 spiro atoms. The molecular formula is C14H15NO. The number of aromatic nitrogens is 1. The molecule has 0 saturated heterocycles. The Morgan fingerprint density at radius 1 is 1.12 bits per heavy atom. The molecule has 0 amide bonds. The molecule has 0 aliphatic carbocycles. The average molecular weight is 213 g/mol. The van der Waals surface area contributed by atoms with E-state index in [-0.39, 0.29) is 0 Å². The Bertz CT molecular complexity index is 462. The second kappa shape index (κ2) is 4.79. The van der Waals surface area contributed by atoms with E-state index >= 15 is 0 Å². The summed E-state index contributed by atoms with van der Waals surface area (Å²) in [5.74, 6) is 0.890. The first-order chi connectivity index (χ1) is 7.79. The van der Waals surface area contributed by atoms with E-state index in [2.05, 4.69) is 30.1 Å². The molecule has 0 radical (unpaired) electrons. The van der Waals surface area contributed by atoms with Gasteiger partial charge in [0, 0.05) is 18.3 Å². The largest absolute Gasteiger partial charge is 0.497 e. The minimum atomic E-state index is 0.872. The molecule has 2 rings (SSSR count). The lowest BCUT2D eigenvalue weighted by atomic mass is 10.1. The summed E-state index contributed by atoms with van der Waals surface area (Å²) in [5, 5.41) is 0. The van der Waals surface area contributed by atoms with Crippen LogP contribution in [0.1, 0.15) is 16.8 Å².